The van der Waals surface area contributed by atoms with Crippen LogP contribution in [0.3, 0.4) is 0 Å². The summed E-state index contributed by atoms with van der Waals surface area (Å²) in [6.07, 6.45) is 1.78. The Hall–Kier alpha value is -2.40. The largest absolute Gasteiger partial charge is 0.387 e. The summed E-state index contributed by atoms with van der Waals surface area (Å²) >= 11 is 6.35. The van der Waals surface area contributed by atoms with E-state index in [-0.39, 0.29) is 5.82 Å². The topological polar surface area (TPSA) is 37.2 Å². The molecule has 3 rings (SSSR count). The summed E-state index contributed by atoms with van der Waals surface area (Å²) in [5, 5.41) is 4.69. The Labute approximate surface area is 151 Å². The molecule has 1 aliphatic heterocycles. The molecule has 0 radical (unpaired) electrons. The zero-order chi connectivity index (χ0) is 18.0. The van der Waals surface area contributed by atoms with Crippen LogP contribution in [0.4, 0.5) is 10.1 Å². The second-order valence-electron chi connectivity index (χ2n) is 6.18. The average molecular weight is 360 g/mol. The molecule has 0 saturated carbocycles. The van der Waals surface area contributed by atoms with Gasteiger partial charge in [-0.05, 0) is 30.7 Å². The second-order valence-corrected chi connectivity index (χ2v) is 6.59. The number of aliphatic imine (C=N–C) groups is 1. The Morgan fingerprint density at radius 1 is 1.32 bits per heavy atom. The molecule has 4 nitrogen and oxygen atoms in total. The summed E-state index contributed by atoms with van der Waals surface area (Å²) < 4.78 is 13.9. The Morgan fingerprint density at radius 2 is 2.08 bits per heavy atom. The Balaban J connectivity index is 1.84. The number of rotatable bonds is 4. The normalized spacial score (nSPS) is 16.8. The first-order chi connectivity index (χ1) is 12.0. The first-order valence-electron chi connectivity index (χ1n) is 7.94. The Kier molecular flexibility index (Phi) is 5.04. The quantitative estimate of drug-likeness (QED) is 0.576. The minimum Gasteiger partial charge on any atom is -0.387 e. The fraction of sp³-hybridized carbons (Fsp3) is 0.263. The van der Waals surface area contributed by atoms with Crippen molar-refractivity contribution in [3.63, 3.8) is 0 Å². The zero-order valence-corrected chi connectivity index (χ0v) is 15.1. The van der Waals surface area contributed by atoms with Crippen molar-refractivity contribution in [3.05, 3.63) is 63.9 Å². The summed E-state index contributed by atoms with van der Waals surface area (Å²) in [6, 6.07) is 10.3. The molecule has 0 N–H and O–H groups in total. The SMILES string of the molecule is Cc1cc(N=CN(C)C)c(Cl)cc1C1=NOC(c2ccccc2F)C1. The first kappa shape index (κ1) is 17.4. The maximum Gasteiger partial charge on any atom is 0.161 e. The highest BCUT2D eigenvalue weighted by Gasteiger charge is 2.27. The van der Waals surface area contributed by atoms with Crippen molar-refractivity contribution in [1.29, 1.82) is 0 Å². The monoisotopic (exact) mass is 359 g/mol. The molecule has 6 heteroatoms. The van der Waals surface area contributed by atoms with E-state index >= 15 is 0 Å². The molecule has 0 spiro atoms. The molecule has 1 unspecified atom stereocenters. The molecule has 0 saturated heterocycles. The van der Waals surface area contributed by atoms with Gasteiger partial charge in [-0.1, -0.05) is 35.0 Å². The fourth-order valence-corrected chi connectivity index (χ4v) is 2.91. The van der Waals surface area contributed by atoms with E-state index in [2.05, 4.69) is 10.1 Å². The number of aryl methyl sites for hydroxylation is 1. The van der Waals surface area contributed by atoms with Gasteiger partial charge >= 0.3 is 0 Å². The van der Waals surface area contributed by atoms with Crippen LogP contribution in [0.1, 0.15) is 29.2 Å². The summed E-state index contributed by atoms with van der Waals surface area (Å²) in [5.41, 5.74) is 3.86. The summed E-state index contributed by atoms with van der Waals surface area (Å²) in [6.45, 7) is 1.97. The van der Waals surface area contributed by atoms with Crippen molar-refractivity contribution in [1.82, 2.24) is 4.90 Å². The van der Waals surface area contributed by atoms with Gasteiger partial charge in [-0.3, -0.25) is 0 Å². The van der Waals surface area contributed by atoms with Crippen molar-refractivity contribution in [2.45, 2.75) is 19.4 Å². The van der Waals surface area contributed by atoms with Gasteiger partial charge in [0.1, 0.15) is 5.82 Å². The third-order valence-corrected chi connectivity index (χ3v) is 4.26. The fourth-order valence-electron chi connectivity index (χ4n) is 2.69. The number of hydrogen-bond acceptors (Lipinski definition) is 3. The molecule has 0 fully saturated rings. The lowest BCUT2D eigenvalue weighted by molar-refractivity contribution is 0.0830. The lowest BCUT2D eigenvalue weighted by Gasteiger charge is -2.10. The van der Waals surface area contributed by atoms with Crippen LogP contribution >= 0.6 is 11.6 Å². The number of nitrogens with zero attached hydrogens (tertiary/aromatic N) is 3. The van der Waals surface area contributed by atoms with Gasteiger partial charge < -0.3 is 9.74 Å². The zero-order valence-electron chi connectivity index (χ0n) is 14.3. The van der Waals surface area contributed by atoms with Crippen LogP contribution in [0.15, 0.2) is 46.5 Å². The van der Waals surface area contributed by atoms with E-state index in [9.17, 15) is 4.39 Å². The van der Waals surface area contributed by atoms with Crippen molar-refractivity contribution in [2.24, 2.45) is 10.1 Å². The third kappa shape index (κ3) is 3.82. The minimum atomic E-state index is -0.416. The molecule has 2 aromatic rings. The van der Waals surface area contributed by atoms with E-state index in [1.807, 2.05) is 38.1 Å². The van der Waals surface area contributed by atoms with Gasteiger partial charge in [0, 0.05) is 31.6 Å². The van der Waals surface area contributed by atoms with Gasteiger partial charge in [0.25, 0.3) is 0 Å². The van der Waals surface area contributed by atoms with Crippen LogP contribution in [-0.4, -0.2) is 31.0 Å². The van der Waals surface area contributed by atoms with Gasteiger partial charge in [0.2, 0.25) is 0 Å². The van der Waals surface area contributed by atoms with Crippen molar-refractivity contribution >= 4 is 29.3 Å². The highest BCUT2D eigenvalue weighted by Crippen LogP contribution is 2.34. The van der Waals surface area contributed by atoms with Gasteiger partial charge in [0.05, 0.1) is 22.8 Å². The van der Waals surface area contributed by atoms with Crippen molar-refractivity contribution < 1.29 is 9.23 Å². The van der Waals surface area contributed by atoms with Gasteiger partial charge in [-0.2, -0.15) is 0 Å². The van der Waals surface area contributed by atoms with Crippen LogP contribution < -0.4 is 0 Å². The standard InChI is InChI=1S/C19H19ClFN3O/c1-12-8-18(22-11-24(2)3)15(20)9-14(12)17-10-19(25-23-17)13-6-4-5-7-16(13)21/h4-9,11,19H,10H2,1-3H3. The van der Waals surface area contributed by atoms with Crippen LogP contribution in [0, 0.1) is 12.7 Å². The molecule has 130 valence electrons. The molecule has 0 amide bonds. The van der Waals surface area contributed by atoms with E-state index < -0.39 is 6.10 Å². The lowest BCUT2D eigenvalue weighted by Crippen LogP contribution is -2.07. The number of oxime groups is 1. The van der Waals surface area contributed by atoms with E-state index in [0.717, 1.165) is 16.8 Å². The molecule has 2 aromatic carbocycles. The molecular formula is C19H19ClFN3O. The van der Waals surface area contributed by atoms with E-state index in [0.29, 0.717) is 22.7 Å². The maximum atomic E-state index is 13.9. The summed E-state index contributed by atoms with van der Waals surface area (Å²) in [5.74, 6) is -0.285. The average Bonchev–Trinajstić information content (AvgIpc) is 3.05. The van der Waals surface area contributed by atoms with Crippen LogP contribution in [0.2, 0.25) is 5.02 Å². The number of benzene rings is 2. The minimum absolute atomic E-state index is 0.285. The second kappa shape index (κ2) is 7.23. The van der Waals surface area contributed by atoms with Crippen LogP contribution in [-0.2, 0) is 4.84 Å². The predicted octanol–water partition coefficient (Wildman–Crippen LogP) is 4.87. The highest BCUT2D eigenvalue weighted by atomic mass is 35.5. The Bertz CT molecular complexity index is 849. The highest BCUT2D eigenvalue weighted by molar-refractivity contribution is 6.33. The van der Waals surface area contributed by atoms with Crippen molar-refractivity contribution in [3.8, 4) is 0 Å². The lowest BCUT2D eigenvalue weighted by atomic mass is 9.97. The maximum absolute atomic E-state index is 13.9. The number of halogens is 2. The molecule has 0 aliphatic carbocycles. The predicted molar refractivity (Wildman–Crippen MR) is 99.4 cm³/mol. The molecule has 1 heterocycles. The molecule has 1 aliphatic rings. The van der Waals surface area contributed by atoms with Gasteiger partial charge in [-0.15, -0.1) is 0 Å². The summed E-state index contributed by atoms with van der Waals surface area (Å²) in [4.78, 5) is 11.7. The van der Waals surface area contributed by atoms with E-state index in [1.54, 1.807) is 24.5 Å². The van der Waals surface area contributed by atoms with E-state index in [4.69, 9.17) is 16.4 Å². The molecule has 0 aromatic heterocycles. The van der Waals surface area contributed by atoms with Crippen molar-refractivity contribution in [2.75, 3.05) is 14.1 Å². The molecule has 25 heavy (non-hydrogen) atoms. The van der Waals surface area contributed by atoms with Gasteiger partial charge in [0.15, 0.2) is 6.10 Å². The summed E-state index contributed by atoms with van der Waals surface area (Å²) in [7, 11) is 3.79. The van der Waals surface area contributed by atoms with Crippen LogP contribution in [0.5, 0.6) is 0 Å². The van der Waals surface area contributed by atoms with E-state index in [1.165, 1.54) is 6.07 Å². The third-order valence-electron chi connectivity index (χ3n) is 3.95. The van der Waals surface area contributed by atoms with Crippen LogP contribution in [0.25, 0.3) is 0 Å². The Morgan fingerprint density at radius 3 is 2.80 bits per heavy atom. The molecular weight excluding hydrogens is 341 g/mol. The first-order valence-corrected chi connectivity index (χ1v) is 8.31. The number of hydrogen-bond donors (Lipinski definition) is 0. The molecule has 0 bridgehead atoms. The smallest absolute Gasteiger partial charge is 0.161 e. The van der Waals surface area contributed by atoms with Gasteiger partial charge in [-0.25, -0.2) is 9.38 Å². The molecule has 1 atom stereocenters.